The van der Waals surface area contributed by atoms with Crippen LogP contribution >= 0.6 is 23.2 Å². The number of ether oxygens (including phenoxy) is 1. The predicted octanol–water partition coefficient (Wildman–Crippen LogP) is 2.82. The standard InChI is InChI=1S/C13H12Cl2N2O2/c14-9-7-12(15)13(18)17(8-9)5-6-19-11-3-1-10(16)2-4-11/h1-4,7-8H,5-6,16H2. The number of nitrogens with zero attached hydrogens (tertiary/aromatic N) is 1. The largest absolute Gasteiger partial charge is 0.492 e. The van der Waals surface area contributed by atoms with Crippen LogP contribution in [0.3, 0.4) is 0 Å². The summed E-state index contributed by atoms with van der Waals surface area (Å²) in [4.78, 5) is 11.7. The summed E-state index contributed by atoms with van der Waals surface area (Å²) in [6, 6.07) is 8.45. The number of rotatable bonds is 4. The van der Waals surface area contributed by atoms with Gasteiger partial charge >= 0.3 is 0 Å². The molecule has 2 rings (SSSR count). The first-order valence-electron chi connectivity index (χ1n) is 5.60. The Labute approximate surface area is 120 Å². The Morgan fingerprint density at radius 2 is 1.89 bits per heavy atom. The quantitative estimate of drug-likeness (QED) is 0.883. The molecule has 100 valence electrons. The van der Waals surface area contributed by atoms with Gasteiger partial charge in [0.1, 0.15) is 17.4 Å². The Hall–Kier alpha value is -1.65. The van der Waals surface area contributed by atoms with Crippen molar-refractivity contribution in [3.05, 3.63) is 56.9 Å². The lowest BCUT2D eigenvalue weighted by molar-refractivity contribution is 0.296. The number of nitrogen functional groups attached to an aromatic ring is 1. The van der Waals surface area contributed by atoms with E-state index in [0.717, 1.165) is 0 Å². The van der Waals surface area contributed by atoms with E-state index in [9.17, 15) is 4.79 Å². The second kappa shape index (κ2) is 5.99. The van der Waals surface area contributed by atoms with Crippen molar-refractivity contribution in [3.8, 4) is 5.75 Å². The Bertz CT molecular complexity index is 624. The highest BCUT2D eigenvalue weighted by Gasteiger charge is 2.03. The lowest BCUT2D eigenvalue weighted by atomic mass is 10.3. The summed E-state index contributed by atoms with van der Waals surface area (Å²) in [7, 11) is 0. The van der Waals surface area contributed by atoms with Crippen LogP contribution in [-0.4, -0.2) is 11.2 Å². The van der Waals surface area contributed by atoms with Gasteiger partial charge in [0.2, 0.25) is 0 Å². The van der Waals surface area contributed by atoms with Crippen LogP contribution in [0.2, 0.25) is 10.0 Å². The molecule has 0 aliphatic heterocycles. The molecule has 0 amide bonds. The van der Waals surface area contributed by atoms with Crippen molar-refractivity contribution in [1.29, 1.82) is 0 Å². The molecule has 1 aromatic carbocycles. The molecule has 0 aliphatic carbocycles. The maximum atomic E-state index is 11.7. The van der Waals surface area contributed by atoms with E-state index in [1.165, 1.54) is 16.8 Å². The number of aromatic nitrogens is 1. The molecule has 0 saturated carbocycles. The zero-order chi connectivity index (χ0) is 13.8. The molecular formula is C13H12Cl2N2O2. The molecule has 4 nitrogen and oxygen atoms in total. The van der Waals surface area contributed by atoms with Gasteiger partial charge in [-0.3, -0.25) is 4.79 Å². The minimum Gasteiger partial charge on any atom is -0.492 e. The monoisotopic (exact) mass is 298 g/mol. The summed E-state index contributed by atoms with van der Waals surface area (Å²) in [5, 5.41) is 0.511. The van der Waals surface area contributed by atoms with Gasteiger partial charge in [0, 0.05) is 11.9 Å². The van der Waals surface area contributed by atoms with E-state index in [4.69, 9.17) is 33.7 Å². The van der Waals surface area contributed by atoms with Crippen LogP contribution in [0.4, 0.5) is 5.69 Å². The topological polar surface area (TPSA) is 57.2 Å². The van der Waals surface area contributed by atoms with E-state index in [1.807, 2.05) is 0 Å². The van der Waals surface area contributed by atoms with E-state index >= 15 is 0 Å². The van der Waals surface area contributed by atoms with Crippen molar-refractivity contribution < 1.29 is 4.74 Å². The van der Waals surface area contributed by atoms with Crippen LogP contribution in [0.1, 0.15) is 0 Å². The second-order valence-electron chi connectivity index (χ2n) is 3.92. The smallest absolute Gasteiger partial charge is 0.269 e. The Kier molecular flexibility index (Phi) is 4.35. The highest BCUT2D eigenvalue weighted by molar-refractivity contribution is 6.34. The summed E-state index contributed by atoms with van der Waals surface area (Å²) in [6.07, 6.45) is 1.53. The van der Waals surface area contributed by atoms with Crippen molar-refractivity contribution in [2.45, 2.75) is 6.54 Å². The number of benzene rings is 1. The molecule has 0 spiro atoms. The highest BCUT2D eigenvalue weighted by atomic mass is 35.5. The van der Waals surface area contributed by atoms with Gasteiger partial charge in [-0.2, -0.15) is 0 Å². The first-order valence-corrected chi connectivity index (χ1v) is 6.35. The van der Waals surface area contributed by atoms with Crippen LogP contribution in [0, 0.1) is 0 Å². The van der Waals surface area contributed by atoms with Crippen molar-refractivity contribution in [2.24, 2.45) is 0 Å². The molecule has 0 saturated heterocycles. The molecule has 1 aromatic heterocycles. The molecule has 0 fully saturated rings. The molecule has 0 radical (unpaired) electrons. The molecule has 6 heteroatoms. The minimum absolute atomic E-state index is 0.0972. The molecule has 0 unspecified atom stereocenters. The molecule has 19 heavy (non-hydrogen) atoms. The molecule has 0 bridgehead atoms. The Morgan fingerprint density at radius 3 is 2.58 bits per heavy atom. The highest BCUT2D eigenvalue weighted by Crippen LogP contribution is 2.14. The van der Waals surface area contributed by atoms with E-state index in [1.54, 1.807) is 24.3 Å². The molecule has 2 N–H and O–H groups in total. The van der Waals surface area contributed by atoms with Crippen LogP contribution in [0.25, 0.3) is 0 Å². The lowest BCUT2D eigenvalue weighted by Crippen LogP contribution is -2.22. The minimum atomic E-state index is -0.285. The summed E-state index contributed by atoms with van der Waals surface area (Å²) >= 11 is 11.6. The number of halogens is 2. The lowest BCUT2D eigenvalue weighted by Gasteiger charge is -2.09. The molecule has 0 atom stereocenters. The second-order valence-corrected chi connectivity index (χ2v) is 4.77. The van der Waals surface area contributed by atoms with Crippen LogP contribution < -0.4 is 16.0 Å². The predicted molar refractivity (Wildman–Crippen MR) is 77.1 cm³/mol. The Balaban J connectivity index is 2.00. The van der Waals surface area contributed by atoms with Gasteiger partial charge in [-0.05, 0) is 30.3 Å². The number of pyridine rings is 1. The van der Waals surface area contributed by atoms with Gasteiger partial charge in [0.05, 0.1) is 11.6 Å². The fraction of sp³-hybridized carbons (Fsp3) is 0.154. The summed E-state index contributed by atoms with van der Waals surface area (Å²) < 4.78 is 6.92. The molecule has 1 heterocycles. The van der Waals surface area contributed by atoms with E-state index in [0.29, 0.717) is 29.6 Å². The average Bonchev–Trinajstić information content (AvgIpc) is 2.37. The number of hydrogen-bond acceptors (Lipinski definition) is 3. The SMILES string of the molecule is Nc1ccc(OCCn2cc(Cl)cc(Cl)c2=O)cc1. The van der Waals surface area contributed by atoms with E-state index in [2.05, 4.69) is 0 Å². The third-order valence-electron chi connectivity index (χ3n) is 2.49. The third-order valence-corrected chi connectivity index (χ3v) is 2.97. The number of nitrogens with two attached hydrogens (primary N) is 1. The van der Waals surface area contributed by atoms with Gasteiger partial charge in [-0.25, -0.2) is 0 Å². The van der Waals surface area contributed by atoms with Crippen molar-refractivity contribution in [2.75, 3.05) is 12.3 Å². The maximum absolute atomic E-state index is 11.7. The van der Waals surface area contributed by atoms with E-state index in [-0.39, 0.29) is 10.6 Å². The van der Waals surface area contributed by atoms with Gasteiger partial charge in [-0.15, -0.1) is 0 Å². The number of anilines is 1. The molecule has 0 aliphatic rings. The van der Waals surface area contributed by atoms with Gasteiger partial charge in [0.25, 0.3) is 5.56 Å². The van der Waals surface area contributed by atoms with Gasteiger partial charge < -0.3 is 15.0 Å². The fourth-order valence-electron chi connectivity index (χ4n) is 1.56. The Morgan fingerprint density at radius 1 is 1.21 bits per heavy atom. The van der Waals surface area contributed by atoms with Crippen molar-refractivity contribution >= 4 is 28.9 Å². The summed E-state index contributed by atoms with van der Waals surface area (Å²) in [5.74, 6) is 0.690. The third kappa shape index (κ3) is 3.66. The maximum Gasteiger partial charge on any atom is 0.269 e. The molecular weight excluding hydrogens is 287 g/mol. The van der Waals surface area contributed by atoms with Gasteiger partial charge in [0.15, 0.2) is 0 Å². The normalized spacial score (nSPS) is 10.4. The average molecular weight is 299 g/mol. The fourth-order valence-corrected chi connectivity index (χ4v) is 2.07. The van der Waals surface area contributed by atoms with Crippen molar-refractivity contribution in [1.82, 2.24) is 4.57 Å². The first-order chi connectivity index (χ1) is 9.06. The zero-order valence-corrected chi connectivity index (χ0v) is 11.5. The van der Waals surface area contributed by atoms with Crippen LogP contribution in [-0.2, 0) is 6.54 Å². The zero-order valence-electron chi connectivity index (χ0n) is 9.98. The van der Waals surface area contributed by atoms with Crippen molar-refractivity contribution in [3.63, 3.8) is 0 Å². The number of hydrogen-bond donors (Lipinski definition) is 1. The first kappa shape index (κ1) is 13.8. The van der Waals surface area contributed by atoms with Crippen LogP contribution in [0.5, 0.6) is 5.75 Å². The summed E-state index contributed by atoms with van der Waals surface area (Å²) in [6.45, 7) is 0.698. The molecule has 2 aromatic rings. The van der Waals surface area contributed by atoms with Crippen LogP contribution in [0.15, 0.2) is 41.3 Å². The summed E-state index contributed by atoms with van der Waals surface area (Å²) in [5.41, 5.74) is 5.96. The van der Waals surface area contributed by atoms with E-state index < -0.39 is 0 Å². The van der Waals surface area contributed by atoms with Gasteiger partial charge in [-0.1, -0.05) is 23.2 Å².